The lowest BCUT2D eigenvalue weighted by molar-refractivity contribution is -0.113. The monoisotopic (exact) mass is 304 g/mol. The normalized spacial score (nSPS) is 18.8. The van der Waals surface area contributed by atoms with Crippen molar-refractivity contribution in [3.8, 4) is 0 Å². The third-order valence-corrected chi connectivity index (χ3v) is 5.22. The number of carbonyl (C=O) groups is 2. The van der Waals surface area contributed by atoms with Crippen LogP contribution in [0.25, 0.3) is 0 Å². The number of hydrogen-bond donors (Lipinski definition) is 2. The molecule has 1 aliphatic carbocycles. The van der Waals surface area contributed by atoms with Crippen LogP contribution in [0.5, 0.6) is 0 Å². The lowest BCUT2D eigenvalue weighted by Crippen LogP contribution is -2.30. The Kier molecular flexibility index (Phi) is 4.48. The van der Waals surface area contributed by atoms with Gasteiger partial charge in [0.2, 0.25) is 5.91 Å². The molecule has 2 amide bonds. The first-order chi connectivity index (χ1) is 10.2. The molecule has 2 N–H and O–H groups in total. The van der Waals surface area contributed by atoms with Gasteiger partial charge in [-0.05, 0) is 37.0 Å². The average molecular weight is 304 g/mol. The topological polar surface area (TPSA) is 58.2 Å². The zero-order valence-electron chi connectivity index (χ0n) is 12.0. The fraction of sp³-hybridized carbons (Fsp3) is 0.500. The van der Waals surface area contributed by atoms with Crippen molar-refractivity contribution in [1.82, 2.24) is 5.32 Å². The van der Waals surface area contributed by atoms with Gasteiger partial charge in [0.1, 0.15) is 0 Å². The molecule has 2 aliphatic rings. The van der Waals surface area contributed by atoms with E-state index in [0.29, 0.717) is 17.2 Å². The highest BCUT2D eigenvalue weighted by atomic mass is 32.2. The number of hydrogen-bond acceptors (Lipinski definition) is 3. The Morgan fingerprint density at radius 2 is 2.10 bits per heavy atom. The Balaban J connectivity index is 1.61. The number of fused-ring (bicyclic) bond motifs is 1. The summed E-state index contributed by atoms with van der Waals surface area (Å²) in [6.45, 7) is 0.761. The molecule has 4 nitrogen and oxygen atoms in total. The molecule has 0 spiro atoms. The SMILES string of the molecule is O=C1CSc2ccc(C(=O)NCC3CCCCC3)cc2N1. The fourth-order valence-electron chi connectivity index (χ4n) is 2.95. The van der Waals surface area contributed by atoms with Crippen molar-refractivity contribution >= 4 is 29.3 Å². The van der Waals surface area contributed by atoms with Crippen molar-refractivity contribution in [3.05, 3.63) is 23.8 Å². The van der Waals surface area contributed by atoms with Crippen molar-refractivity contribution in [2.45, 2.75) is 37.0 Å². The highest BCUT2D eigenvalue weighted by molar-refractivity contribution is 8.00. The highest BCUT2D eigenvalue weighted by Gasteiger charge is 2.18. The smallest absolute Gasteiger partial charge is 0.251 e. The Morgan fingerprint density at radius 3 is 2.90 bits per heavy atom. The summed E-state index contributed by atoms with van der Waals surface area (Å²) in [5.41, 5.74) is 1.37. The van der Waals surface area contributed by atoms with Gasteiger partial charge in [0.25, 0.3) is 5.91 Å². The van der Waals surface area contributed by atoms with Crippen LogP contribution in [0, 0.1) is 5.92 Å². The van der Waals surface area contributed by atoms with E-state index < -0.39 is 0 Å². The fourth-order valence-corrected chi connectivity index (χ4v) is 3.74. The number of amides is 2. The second kappa shape index (κ2) is 6.52. The first kappa shape index (κ1) is 14.4. The Labute approximate surface area is 129 Å². The van der Waals surface area contributed by atoms with Gasteiger partial charge in [-0.1, -0.05) is 19.3 Å². The van der Waals surface area contributed by atoms with Gasteiger partial charge in [0.05, 0.1) is 11.4 Å². The van der Waals surface area contributed by atoms with E-state index >= 15 is 0 Å². The van der Waals surface area contributed by atoms with Gasteiger partial charge >= 0.3 is 0 Å². The van der Waals surface area contributed by atoms with E-state index in [4.69, 9.17) is 0 Å². The van der Waals surface area contributed by atoms with Gasteiger partial charge in [-0.3, -0.25) is 9.59 Å². The molecule has 1 heterocycles. The quantitative estimate of drug-likeness (QED) is 0.902. The minimum absolute atomic E-state index is 0.00716. The lowest BCUT2D eigenvalue weighted by Gasteiger charge is -2.22. The van der Waals surface area contributed by atoms with Crippen molar-refractivity contribution in [2.24, 2.45) is 5.92 Å². The average Bonchev–Trinajstić information content (AvgIpc) is 2.53. The van der Waals surface area contributed by atoms with Crippen molar-refractivity contribution in [1.29, 1.82) is 0 Å². The van der Waals surface area contributed by atoms with Gasteiger partial charge in [-0.2, -0.15) is 0 Å². The lowest BCUT2D eigenvalue weighted by atomic mass is 9.89. The Morgan fingerprint density at radius 1 is 1.29 bits per heavy atom. The third-order valence-electron chi connectivity index (χ3n) is 4.15. The van der Waals surface area contributed by atoms with Crippen molar-refractivity contribution < 1.29 is 9.59 Å². The molecular formula is C16H20N2O2S. The molecular weight excluding hydrogens is 284 g/mol. The maximum Gasteiger partial charge on any atom is 0.251 e. The predicted molar refractivity (Wildman–Crippen MR) is 84.7 cm³/mol. The largest absolute Gasteiger partial charge is 0.352 e. The molecule has 1 aromatic carbocycles. The second-order valence-corrected chi connectivity index (χ2v) is 6.78. The summed E-state index contributed by atoms with van der Waals surface area (Å²) in [6.07, 6.45) is 6.33. The van der Waals surface area contributed by atoms with Crippen LogP contribution < -0.4 is 10.6 Å². The third kappa shape index (κ3) is 3.59. The van der Waals surface area contributed by atoms with Crippen LogP contribution >= 0.6 is 11.8 Å². The molecule has 0 atom stereocenters. The minimum atomic E-state index is -0.0480. The minimum Gasteiger partial charge on any atom is -0.352 e. The van der Waals surface area contributed by atoms with Crippen LogP contribution in [0.1, 0.15) is 42.5 Å². The van der Waals surface area contributed by atoms with E-state index in [0.717, 1.165) is 17.1 Å². The summed E-state index contributed by atoms with van der Waals surface area (Å²) in [5.74, 6) is 1.01. The highest BCUT2D eigenvalue weighted by Crippen LogP contribution is 2.32. The molecule has 0 unspecified atom stereocenters. The molecule has 5 heteroatoms. The van der Waals surface area contributed by atoms with Crippen LogP contribution in [0.15, 0.2) is 23.1 Å². The molecule has 1 aliphatic heterocycles. The molecule has 0 aromatic heterocycles. The van der Waals surface area contributed by atoms with Crippen LogP contribution in [0.2, 0.25) is 0 Å². The first-order valence-electron chi connectivity index (χ1n) is 7.57. The molecule has 0 saturated heterocycles. The number of benzene rings is 1. The zero-order valence-corrected chi connectivity index (χ0v) is 12.8. The number of anilines is 1. The molecule has 1 fully saturated rings. The number of carbonyl (C=O) groups excluding carboxylic acids is 2. The van der Waals surface area contributed by atoms with Crippen molar-refractivity contribution in [2.75, 3.05) is 17.6 Å². The second-order valence-electron chi connectivity index (χ2n) is 5.76. The molecule has 3 rings (SSSR count). The Hall–Kier alpha value is -1.49. The summed E-state index contributed by atoms with van der Waals surface area (Å²) in [5, 5.41) is 5.85. The van der Waals surface area contributed by atoms with Crippen molar-refractivity contribution in [3.63, 3.8) is 0 Å². The molecule has 112 valence electrons. The van der Waals surface area contributed by atoms with Gasteiger partial charge in [0.15, 0.2) is 0 Å². The molecule has 1 aromatic rings. The molecule has 1 saturated carbocycles. The molecule has 21 heavy (non-hydrogen) atoms. The molecule has 0 bridgehead atoms. The molecule has 0 radical (unpaired) electrons. The number of thioether (sulfide) groups is 1. The summed E-state index contributed by atoms with van der Waals surface area (Å²) >= 11 is 1.51. The van der Waals surface area contributed by atoms with E-state index in [1.54, 1.807) is 6.07 Å². The van der Waals surface area contributed by atoms with Crippen LogP contribution in [-0.2, 0) is 4.79 Å². The van der Waals surface area contributed by atoms with Gasteiger partial charge in [-0.15, -0.1) is 11.8 Å². The van der Waals surface area contributed by atoms with Crippen LogP contribution in [-0.4, -0.2) is 24.1 Å². The first-order valence-corrected chi connectivity index (χ1v) is 8.56. The Bertz CT molecular complexity index is 553. The van der Waals surface area contributed by atoms with E-state index in [1.807, 2.05) is 12.1 Å². The predicted octanol–water partition coefficient (Wildman–Crippen LogP) is 3.04. The van der Waals surface area contributed by atoms with E-state index in [-0.39, 0.29) is 11.8 Å². The van der Waals surface area contributed by atoms with Crippen LogP contribution in [0.3, 0.4) is 0 Å². The van der Waals surface area contributed by atoms with Crippen LogP contribution in [0.4, 0.5) is 5.69 Å². The zero-order chi connectivity index (χ0) is 14.7. The number of rotatable bonds is 3. The van der Waals surface area contributed by atoms with Gasteiger partial charge in [0, 0.05) is 17.0 Å². The van der Waals surface area contributed by atoms with E-state index in [9.17, 15) is 9.59 Å². The van der Waals surface area contributed by atoms with Gasteiger partial charge in [-0.25, -0.2) is 0 Å². The van der Waals surface area contributed by atoms with Gasteiger partial charge < -0.3 is 10.6 Å². The maximum atomic E-state index is 12.2. The maximum absolute atomic E-state index is 12.2. The number of nitrogens with one attached hydrogen (secondary N) is 2. The van der Waals surface area contributed by atoms with E-state index in [1.165, 1.54) is 43.9 Å². The summed E-state index contributed by atoms with van der Waals surface area (Å²) in [7, 11) is 0. The van der Waals surface area contributed by atoms with E-state index in [2.05, 4.69) is 10.6 Å². The summed E-state index contributed by atoms with van der Waals surface area (Å²) < 4.78 is 0. The summed E-state index contributed by atoms with van der Waals surface area (Å²) in [6, 6.07) is 5.52. The standard InChI is InChI=1S/C16H20N2O2S/c19-15-10-21-14-7-6-12(8-13(14)18-15)16(20)17-9-11-4-2-1-3-5-11/h6-8,11H,1-5,9-10H2,(H,17,20)(H,18,19). The summed E-state index contributed by atoms with van der Waals surface area (Å²) in [4.78, 5) is 24.7.